The zero-order valence-electron chi connectivity index (χ0n) is 16.3. The van der Waals surface area contributed by atoms with E-state index in [1.54, 1.807) is 0 Å². The molecule has 0 amide bonds. The van der Waals surface area contributed by atoms with Crippen molar-refractivity contribution in [3.63, 3.8) is 0 Å². The van der Waals surface area contributed by atoms with Crippen LogP contribution in [0.5, 0.6) is 0 Å². The number of rotatable bonds is 4. The second kappa shape index (κ2) is 8.22. The van der Waals surface area contributed by atoms with E-state index in [-0.39, 0.29) is 11.2 Å². The third kappa shape index (κ3) is 5.16. The van der Waals surface area contributed by atoms with Crippen molar-refractivity contribution in [1.29, 1.82) is 0 Å². The van der Waals surface area contributed by atoms with Crippen molar-refractivity contribution < 1.29 is 4.79 Å². The fraction of sp³-hybridized carbons (Fsp3) is 0.391. The number of thiocarbonyl (C=S) groups is 1. The van der Waals surface area contributed by atoms with Gasteiger partial charge in [0.15, 0.2) is 10.9 Å². The monoisotopic (exact) mass is 380 g/mol. The van der Waals surface area contributed by atoms with Crippen molar-refractivity contribution in [3.05, 3.63) is 65.2 Å². The first-order chi connectivity index (χ1) is 12.8. The third-order valence-corrected chi connectivity index (χ3v) is 5.31. The van der Waals surface area contributed by atoms with Gasteiger partial charge in [-0.3, -0.25) is 4.79 Å². The van der Waals surface area contributed by atoms with E-state index in [1.807, 2.05) is 48.5 Å². The van der Waals surface area contributed by atoms with Gasteiger partial charge in [-0.2, -0.15) is 0 Å². The van der Waals surface area contributed by atoms with Crippen LogP contribution in [0, 0.1) is 0 Å². The summed E-state index contributed by atoms with van der Waals surface area (Å²) in [4.78, 5) is 12.8. The van der Waals surface area contributed by atoms with Crippen LogP contribution >= 0.6 is 12.2 Å². The lowest BCUT2D eigenvalue weighted by atomic mass is 9.86. The summed E-state index contributed by atoms with van der Waals surface area (Å²) in [5.41, 5.74) is 3.49. The molecule has 0 aliphatic heterocycles. The average Bonchev–Trinajstić information content (AvgIpc) is 3.13. The van der Waals surface area contributed by atoms with Crippen LogP contribution in [0.3, 0.4) is 0 Å². The number of anilines is 1. The first kappa shape index (κ1) is 19.6. The van der Waals surface area contributed by atoms with Gasteiger partial charge < -0.3 is 10.6 Å². The molecule has 1 aliphatic carbocycles. The van der Waals surface area contributed by atoms with Crippen molar-refractivity contribution in [2.45, 2.75) is 57.9 Å². The molecule has 3 nitrogen and oxygen atoms in total. The van der Waals surface area contributed by atoms with E-state index in [9.17, 15) is 4.79 Å². The summed E-state index contributed by atoms with van der Waals surface area (Å²) in [6.45, 7) is 6.50. The highest BCUT2D eigenvalue weighted by molar-refractivity contribution is 7.80. The Hall–Kier alpha value is -2.20. The summed E-state index contributed by atoms with van der Waals surface area (Å²) in [7, 11) is 0. The Morgan fingerprint density at radius 3 is 2.30 bits per heavy atom. The van der Waals surface area contributed by atoms with Gasteiger partial charge >= 0.3 is 0 Å². The SMILES string of the molecule is CC(C)(C)c1ccc(C(=O)c2cccc(NC(=S)NC3CCCC3)c2)cc1. The van der Waals surface area contributed by atoms with Crippen molar-refractivity contribution >= 4 is 28.8 Å². The van der Waals surface area contributed by atoms with Crippen molar-refractivity contribution in [1.82, 2.24) is 5.32 Å². The third-order valence-electron chi connectivity index (χ3n) is 5.09. The van der Waals surface area contributed by atoms with Gasteiger partial charge in [0.05, 0.1) is 0 Å². The van der Waals surface area contributed by atoms with E-state index < -0.39 is 0 Å². The summed E-state index contributed by atoms with van der Waals surface area (Å²) in [5, 5.41) is 7.20. The molecular weight excluding hydrogens is 352 g/mol. The number of hydrogen-bond acceptors (Lipinski definition) is 2. The highest BCUT2D eigenvalue weighted by atomic mass is 32.1. The highest BCUT2D eigenvalue weighted by Crippen LogP contribution is 2.23. The van der Waals surface area contributed by atoms with E-state index in [0.29, 0.717) is 22.3 Å². The second-order valence-corrected chi connectivity index (χ2v) is 8.73. The van der Waals surface area contributed by atoms with Gasteiger partial charge in [-0.05, 0) is 48.2 Å². The molecule has 2 aromatic rings. The maximum absolute atomic E-state index is 12.8. The van der Waals surface area contributed by atoms with Gasteiger partial charge in [-0.1, -0.05) is 70.0 Å². The first-order valence-electron chi connectivity index (χ1n) is 9.66. The lowest BCUT2D eigenvalue weighted by Crippen LogP contribution is -2.35. The van der Waals surface area contributed by atoms with E-state index >= 15 is 0 Å². The molecule has 2 N–H and O–H groups in total. The fourth-order valence-electron chi connectivity index (χ4n) is 3.45. The minimum atomic E-state index is 0.0220. The molecule has 0 spiro atoms. The van der Waals surface area contributed by atoms with Gasteiger partial charge in [0.1, 0.15) is 0 Å². The van der Waals surface area contributed by atoms with Crippen LogP contribution in [-0.2, 0) is 5.41 Å². The molecule has 0 atom stereocenters. The lowest BCUT2D eigenvalue weighted by molar-refractivity contribution is 0.103. The van der Waals surface area contributed by atoms with Crippen LogP contribution in [-0.4, -0.2) is 16.9 Å². The zero-order valence-corrected chi connectivity index (χ0v) is 17.2. The summed E-state index contributed by atoms with van der Waals surface area (Å²) >= 11 is 5.42. The number of benzene rings is 2. The van der Waals surface area contributed by atoms with Gasteiger partial charge in [0, 0.05) is 22.9 Å². The molecule has 0 radical (unpaired) electrons. The summed E-state index contributed by atoms with van der Waals surface area (Å²) in [6, 6.07) is 15.9. The Morgan fingerprint density at radius 1 is 1.00 bits per heavy atom. The van der Waals surface area contributed by atoms with E-state index in [0.717, 1.165) is 5.69 Å². The molecule has 27 heavy (non-hydrogen) atoms. The predicted octanol–water partition coefficient (Wildman–Crippen LogP) is 5.44. The molecule has 1 saturated carbocycles. The van der Waals surface area contributed by atoms with Crippen LogP contribution in [0.4, 0.5) is 5.69 Å². The molecule has 3 rings (SSSR count). The Balaban J connectivity index is 1.68. The molecule has 0 heterocycles. The van der Waals surface area contributed by atoms with E-state index in [2.05, 4.69) is 31.4 Å². The van der Waals surface area contributed by atoms with Crippen molar-refractivity contribution in [3.8, 4) is 0 Å². The molecule has 0 aromatic heterocycles. The quantitative estimate of drug-likeness (QED) is 0.547. The summed E-state index contributed by atoms with van der Waals surface area (Å²) in [6.07, 6.45) is 4.87. The molecule has 2 aromatic carbocycles. The van der Waals surface area contributed by atoms with Crippen LogP contribution in [0.1, 0.15) is 67.9 Å². The summed E-state index contributed by atoms with van der Waals surface area (Å²) in [5.74, 6) is 0.0220. The molecular formula is C23H28N2OS. The molecule has 0 saturated heterocycles. The fourth-order valence-corrected chi connectivity index (χ4v) is 3.73. The number of carbonyl (C=O) groups excluding carboxylic acids is 1. The minimum absolute atomic E-state index is 0.0220. The van der Waals surface area contributed by atoms with E-state index in [1.165, 1.54) is 31.2 Å². The smallest absolute Gasteiger partial charge is 0.193 e. The maximum Gasteiger partial charge on any atom is 0.193 e. The number of hydrogen-bond donors (Lipinski definition) is 2. The van der Waals surface area contributed by atoms with Crippen LogP contribution in [0.15, 0.2) is 48.5 Å². The minimum Gasteiger partial charge on any atom is -0.360 e. The lowest BCUT2D eigenvalue weighted by Gasteiger charge is -2.19. The maximum atomic E-state index is 12.8. The van der Waals surface area contributed by atoms with E-state index in [4.69, 9.17) is 12.2 Å². The van der Waals surface area contributed by atoms with Crippen LogP contribution < -0.4 is 10.6 Å². The Morgan fingerprint density at radius 2 is 1.67 bits per heavy atom. The largest absolute Gasteiger partial charge is 0.360 e. The molecule has 0 bridgehead atoms. The summed E-state index contributed by atoms with van der Waals surface area (Å²) < 4.78 is 0. The van der Waals surface area contributed by atoms with Gasteiger partial charge in [-0.25, -0.2) is 0 Å². The van der Waals surface area contributed by atoms with Crippen LogP contribution in [0.2, 0.25) is 0 Å². The molecule has 0 unspecified atom stereocenters. The number of ketones is 1. The average molecular weight is 381 g/mol. The molecule has 1 fully saturated rings. The van der Waals surface area contributed by atoms with Gasteiger partial charge in [0.25, 0.3) is 0 Å². The second-order valence-electron chi connectivity index (χ2n) is 8.32. The molecule has 142 valence electrons. The van der Waals surface area contributed by atoms with Crippen molar-refractivity contribution in [2.75, 3.05) is 5.32 Å². The molecule has 1 aliphatic rings. The van der Waals surface area contributed by atoms with Gasteiger partial charge in [-0.15, -0.1) is 0 Å². The van der Waals surface area contributed by atoms with Crippen molar-refractivity contribution in [2.24, 2.45) is 0 Å². The zero-order chi connectivity index (χ0) is 19.4. The number of nitrogens with one attached hydrogen (secondary N) is 2. The standard InChI is InChI=1S/C23H28N2OS/c1-23(2,3)18-13-11-16(12-14-18)21(26)17-7-6-10-20(15-17)25-22(27)24-19-8-4-5-9-19/h6-7,10-15,19H,4-5,8-9H2,1-3H3,(H2,24,25,27). The first-order valence-corrected chi connectivity index (χ1v) is 10.1. The predicted molar refractivity (Wildman–Crippen MR) is 117 cm³/mol. The topological polar surface area (TPSA) is 41.1 Å². The van der Waals surface area contributed by atoms with Crippen LogP contribution in [0.25, 0.3) is 0 Å². The Labute approximate surface area is 167 Å². The Kier molecular flexibility index (Phi) is 5.95. The molecule has 4 heteroatoms. The normalized spacial score (nSPS) is 14.8. The Bertz CT molecular complexity index is 815. The van der Waals surface area contributed by atoms with Gasteiger partial charge in [0.2, 0.25) is 0 Å². The number of carbonyl (C=O) groups is 1. The highest BCUT2D eigenvalue weighted by Gasteiger charge is 2.17.